The van der Waals surface area contributed by atoms with Crippen molar-refractivity contribution in [1.29, 1.82) is 0 Å². The summed E-state index contributed by atoms with van der Waals surface area (Å²) in [6.45, 7) is 0. The molecule has 4 aromatic rings. The van der Waals surface area contributed by atoms with E-state index >= 15 is 0 Å². The first kappa shape index (κ1) is 14.3. The number of rotatable bonds is 3. The Kier molecular flexibility index (Phi) is 3.24. The van der Waals surface area contributed by atoms with Gasteiger partial charge in [-0.2, -0.15) is 0 Å². The van der Waals surface area contributed by atoms with E-state index in [-0.39, 0.29) is 5.56 Å². The summed E-state index contributed by atoms with van der Waals surface area (Å²) in [5.41, 5.74) is 3.24. The average Bonchev–Trinajstić information content (AvgIpc) is 3.03. The highest BCUT2D eigenvalue weighted by molar-refractivity contribution is 6.00. The maximum absolute atomic E-state index is 11.1. The third-order valence-electron chi connectivity index (χ3n) is 4.25. The van der Waals surface area contributed by atoms with E-state index in [0.29, 0.717) is 0 Å². The summed E-state index contributed by atoms with van der Waals surface area (Å²) in [6.07, 6.45) is 0. The minimum absolute atomic E-state index is 0.288. The second-order valence-electron chi connectivity index (χ2n) is 5.68. The Morgan fingerprint density at radius 1 is 1.00 bits per heavy atom. The van der Waals surface area contributed by atoms with Crippen molar-refractivity contribution in [2.24, 2.45) is 0 Å². The number of carboxylic acids is 1. The number of benzene rings is 3. The fourth-order valence-corrected chi connectivity index (χ4v) is 3.03. The Balaban J connectivity index is 1.90. The van der Waals surface area contributed by atoms with Crippen molar-refractivity contribution in [2.45, 2.75) is 0 Å². The topological polar surface area (TPSA) is 62.3 Å². The van der Waals surface area contributed by atoms with Gasteiger partial charge in [0.2, 0.25) is 0 Å². The lowest BCUT2D eigenvalue weighted by molar-refractivity contribution is 0.0697. The number of aromatic amines is 1. The second kappa shape index (κ2) is 5.42. The average molecular weight is 317 g/mol. The lowest BCUT2D eigenvalue weighted by atomic mass is 10.0. The molecule has 0 aliphatic rings. The fraction of sp³-hybridized carbons (Fsp3) is 0.0500. The first-order valence-electron chi connectivity index (χ1n) is 7.59. The van der Waals surface area contributed by atoms with Crippen LogP contribution in [0.3, 0.4) is 0 Å². The van der Waals surface area contributed by atoms with Crippen LogP contribution < -0.4 is 4.74 Å². The lowest BCUT2D eigenvalue weighted by Gasteiger charge is -2.07. The van der Waals surface area contributed by atoms with Crippen LogP contribution in [0.2, 0.25) is 0 Å². The molecule has 0 saturated carbocycles. The number of H-pyrrole nitrogens is 1. The van der Waals surface area contributed by atoms with E-state index in [1.54, 1.807) is 25.3 Å². The molecule has 0 atom stereocenters. The normalized spacial score (nSPS) is 11.0. The number of carbonyl (C=O) groups is 1. The number of aromatic carboxylic acids is 1. The lowest BCUT2D eigenvalue weighted by Crippen LogP contribution is -1.94. The van der Waals surface area contributed by atoms with Crippen molar-refractivity contribution in [3.05, 3.63) is 66.2 Å². The summed E-state index contributed by atoms with van der Waals surface area (Å²) in [4.78, 5) is 14.5. The van der Waals surface area contributed by atoms with Gasteiger partial charge in [-0.3, -0.25) is 0 Å². The van der Waals surface area contributed by atoms with Gasteiger partial charge in [-0.25, -0.2) is 4.79 Å². The van der Waals surface area contributed by atoms with Gasteiger partial charge in [0.25, 0.3) is 0 Å². The van der Waals surface area contributed by atoms with E-state index in [2.05, 4.69) is 11.1 Å². The van der Waals surface area contributed by atoms with Gasteiger partial charge in [-0.15, -0.1) is 0 Å². The zero-order chi connectivity index (χ0) is 16.7. The monoisotopic (exact) mass is 317 g/mol. The molecule has 0 fully saturated rings. The van der Waals surface area contributed by atoms with E-state index in [4.69, 9.17) is 9.84 Å². The highest BCUT2D eigenvalue weighted by Gasteiger charge is 2.10. The summed E-state index contributed by atoms with van der Waals surface area (Å²) in [5, 5.41) is 12.2. The molecule has 0 unspecified atom stereocenters. The van der Waals surface area contributed by atoms with E-state index in [0.717, 1.165) is 38.7 Å². The van der Waals surface area contributed by atoms with Crippen LogP contribution in [0.4, 0.5) is 0 Å². The van der Waals surface area contributed by atoms with Crippen LogP contribution in [0.5, 0.6) is 5.75 Å². The Bertz CT molecular complexity index is 1080. The van der Waals surface area contributed by atoms with E-state index in [1.165, 1.54) is 0 Å². The van der Waals surface area contributed by atoms with Crippen molar-refractivity contribution in [1.82, 2.24) is 4.98 Å². The quantitative estimate of drug-likeness (QED) is 0.576. The predicted molar refractivity (Wildman–Crippen MR) is 94.8 cm³/mol. The molecular formula is C20H15NO3. The second-order valence-corrected chi connectivity index (χ2v) is 5.68. The fourth-order valence-electron chi connectivity index (χ4n) is 3.03. The molecule has 3 aromatic carbocycles. The molecule has 0 aliphatic carbocycles. The summed E-state index contributed by atoms with van der Waals surface area (Å²) < 4.78 is 5.29. The van der Waals surface area contributed by atoms with Crippen molar-refractivity contribution in [2.75, 3.05) is 7.11 Å². The van der Waals surface area contributed by atoms with Gasteiger partial charge in [0.1, 0.15) is 5.75 Å². The molecule has 4 heteroatoms. The molecule has 0 amide bonds. The standard InChI is InChI=1S/C20H15NO3/c1-24-15-6-7-16-12(10-15)3-2-4-17(16)19-11-14-9-13(20(22)23)5-8-18(14)21-19/h2-11,21H,1H3,(H,22,23). The summed E-state index contributed by atoms with van der Waals surface area (Å²) >= 11 is 0. The number of hydrogen-bond donors (Lipinski definition) is 2. The molecule has 4 nitrogen and oxygen atoms in total. The van der Waals surface area contributed by atoms with Crippen LogP contribution in [0, 0.1) is 0 Å². The minimum Gasteiger partial charge on any atom is -0.497 e. The number of ether oxygens (including phenoxy) is 1. The third kappa shape index (κ3) is 2.29. The number of carboxylic acid groups (broad SMARTS) is 1. The van der Waals surface area contributed by atoms with Crippen LogP contribution in [-0.4, -0.2) is 23.2 Å². The molecule has 0 aliphatic heterocycles. The number of hydrogen-bond acceptors (Lipinski definition) is 2. The number of methoxy groups -OCH3 is 1. The van der Waals surface area contributed by atoms with Crippen molar-refractivity contribution < 1.29 is 14.6 Å². The van der Waals surface area contributed by atoms with Crippen molar-refractivity contribution in [3.8, 4) is 17.0 Å². The molecule has 4 rings (SSSR count). The van der Waals surface area contributed by atoms with E-state index in [9.17, 15) is 4.79 Å². The summed E-state index contributed by atoms with van der Waals surface area (Å²) in [7, 11) is 1.66. The zero-order valence-corrected chi connectivity index (χ0v) is 13.0. The van der Waals surface area contributed by atoms with Gasteiger partial charge >= 0.3 is 5.97 Å². The van der Waals surface area contributed by atoms with Gasteiger partial charge < -0.3 is 14.8 Å². The molecular weight excluding hydrogens is 302 g/mol. The summed E-state index contributed by atoms with van der Waals surface area (Å²) in [5.74, 6) is -0.0979. The van der Waals surface area contributed by atoms with Crippen LogP contribution in [0.1, 0.15) is 10.4 Å². The third-order valence-corrected chi connectivity index (χ3v) is 4.25. The highest BCUT2D eigenvalue weighted by atomic mass is 16.5. The maximum Gasteiger partial charge on any atom is 0.335 e. The Morgan fingerprint density at radius 3 is 2.67 bits per heavy atom. The summed E-state index contributed by atoms with van der Waals surface area (Å²) in [6, 6.07) is 19.2. The molecule has 0 spiro atoms. The molecule has 0 bridgehead atoms. The van der Waals surface area contributed by atoms with Crippen molar-refractivity contribution >= 4 is 27.6 Å². The Hall–Kier alpha value is -3.27. The molecule has 0 saturated heterocycles. The first-order valence-corrected chi connectivity index (χ1v) is 7.59. The molecule has 2 N–H and O–H groups in total. The SMILES string of the molecule is COc1ccc2c(-c3cc4cc(C(=O)O)ccc4[nH]3)cccc2c1. The van der Waals surface area contributed by atoms with Gasteiger partial charge in [-0.1, -0.05) is 24.3 Å². The first-order chi connectivity index (χ1) is 11.7. The van der Waals surface area contributed by atoms with Gasteiger partial charge in [0.15, 0.2) is 0 Å². The Labute approximate surface area is 138 Å². The highest BCUT2D eigenvalue weighted by Crippen LogP contribution is 2.32. The van der Waals surface area contributed by atoms with Gasteiger partial charge in [-0.05, 0) is 47.2 Å². The molecule has 1 aromatic heterocycles. The number of nitrogens with one attached hydrogen (secondary N) is 1. The molecule has 1 heterocycles. The number of fused-ring (bicyclic) bond motifs is 2. The van der Waals surface area contributed by atoms with Crippen LogP contribution in [-0.2, 0) is 0 Å². The minimum atomic E-state index is -0.920. The van der Waals surface area contributed by atoms with Gasteiger partial charge in [0.05, 0.1) is 12.7 Å². The van der Waals surface area contributed by atoms with Gasteiger partial charge in [0, 0.05) is 22.2 Å². The molecule has 24 heavy (non-hydrogen) atoms. The molecule has 118 valence electrons. The van der Waals surface area contributed by atoms with Crippen LogP contribution in [0.15, 0.2) is 60.7 Å². The van der Waals surface area contributed by atoms with E-state index < -0.39 is 5.97 Å². The van der Waals surface area contributed by atoms with Crippen LogP contribution >= 0.6 is 0 Å². The number of aromatic nitrogens is 1. The van der Waals surface area contributed by atoms with Crippen LogP contribution in [0.25, 0.3) is 32.9 Å². The molecule has 0 radical (unpaired) electrons. The zero-order valence-electron chi connectivity index (χ0n) is 13.0. The smallest absolute Gasteiger partial charge is 0.335 e. The predicted octanol–water partition coefficient (Wildman–Crippen LogP) is 4.69. The van der Waals surface area contributed by atoms with E-state index in [1.807, 2.05) is 36.4 Å². The van der Waals surface area contributed by atoms with Crippen molar-refractivity contribution in [3.63, 3.8) is 0 Å². The largest absolute Gasteiger partial charge is 0.497 e. The maximum atomic E-state index is 11.1. The Morgan fingerprint density at radius 2 is 1.88 bits per heavy atom.